The molecule has 0 amide bonds. The maximum atomic E-state index is 15.7. The number of fused-ring (bicyclic) bond motifs is 1. The summed E-state index contributed by atoms with van der Waals surface area (Å²) >= 11 is 0. The van der Waals surface area contributed by atoms with Gasteiger partial charge in [0.25, 0.3) is 0 Å². The van der Waals surface area contributed by atoms with Gasteiger partial charge in [-0.1, -0.05) is 103 Å². The molecule has 0 bridgehead atoms. The van der Waals surface area contributed by atoms with Crippen LogP contribution in [0.3, 0.4) is 0 Å². The number of carbonyl (C=O) groups is 1. The van der Waals surface area contributed by atoms with Crippen LogP contribution in [0.4, 0.5) is 8.78 Å². The molecular weight excluding hydrogens is 618 g/mol. The van der Waals surface area contributed by atoms with E-state index in [1.54, 1.807) is 20.2 Å². The lowest BCUT2D eigenvalue weighted by molar-refractivity contribution is -0.149. The van der Waals surface area contributed by atoms with E-state index in [1.807, 2.05) is 132 Å². The highest BCUT2D eigenvalue weighted by Crippen LogP contribution is 2.44. The van der Waals surface area contributed by atoms with Crippen molar-refractivity contribution >= 4 is 17.0 Å². The van der Waals surface area contributed by atoms with E-state index in [0.29, 0.717) is 16.6 Å². The van der Waals surface area contributed by atoms with Gasteiger partial charge in [0.15, 0.2) is 0 Å². The third kappa shape index (κ3) is 5.20. The van der Waals surface area contributed by atoms with Gasteiger partial charge < -0.3 is 9.67 Å². The first-order valence-corrected chi connectivity index (χ1v) is 16.1. The second-order valence-electron chi connectivity index (χ2n) is 12.8. The second kappa shape index (κ2) is 12.3. The topological polar surface area (TPSA) is 72.9 Å². The molecule has 0 aliphatic carbocycles. The number of hydrogen-bond acceptors (Lipinski definition) is 3. The standard InChI is InChI=1S/C41H34F2N4O2/c1-27(40(2,3)39(48)49)46-26-44-35-24-28(22-23-36(35)46)32-25-47(45-38(32)37-33(42)20-13-21-34(37)43)41(29-14-7-4-8-15-29,30-16-9-5-10-17-30)31-18-11-6-12-19-31/h4-27H,1-3H3,(H,48,49). The van der Waals surface area contributed by atoms with Crippen LogP contribution in [0, 0.1) is 17.0 Å². The van der Waals surface area contributed by atoms with Crippen molar-refractivity contribution in [3.63, 3.8) is 0 Å². The average Bonchev–Trinajstić information content (AvgIpc) is 3.74. The van der Waals surface area contributed by atoms with Crippen LogP contribution < -0.4 is 0 Å². The van der Waals surface area contributed by atoms with Crippen molar-refractivity contribution < 1.29 is 18.7 Å². The van der Waals surface area contributed by atoms with Gasteiger partial charge in [0.1, 0.15) is 22.9 Å². The molecule has 2 aromatic heterocycles. The molecule has 2 heterocycles. The summed E-state index contributed by atoms with van der Waals surface area (Å²) < 4.78 is 35.0. The maximum Gasteiger partial charge on any atom is 0.311 e. The Kier molecular flexibility index (Phi) is 7.95. The average molecular weight is 653 g/mol. The van der Waals surface area contributed by atoms with Gasteiger partial charge in [-0.3, -0.25) is 9.48 Å². The van der Waals surface area contributed by atoms with Crippen molar-refractivity contribution in [3.8, 4) is 22.4 Å². The Labute approximate surface area is 282 Å². The van der Waals surface area contributed by atoms with Gasteiger partial charge in [-0.15, -0.1) is 0 Å². The molecular formula is C41H34F2N4O2. The van der Waals surface area contributed by atoms with Crippen LogP contribution >= 0.6 is 0 Å². The zero-order chi connectivity index (χ0) is 34.3. The molecule has 0 aliphatic heterocycles. The Morgan fingerprint density at radius 1 is 0.755 bits per heavy atom. The molecule has 6 nitrogen and oxygen atoms in total. The molecule has 0 saturated carbocycles. The Hall–Kier alpha value is -5.89. The van der Waals surface area contributed by atoms with Gasteiger partial charge in [-0.05, 0) is 67.3 Å². The second-order valence-corrected chi connectivity index (χ2v) is 12.8. The highest BCUT2D eigenvalue weighted by molar-refractivity contribution is 5.88. The number of aromatic nitrogens is 4. The number of rotatable bonds is 9. The fourth-order valence-electron chi connectivity index (χ4n) is 6.63. The molecule has 0 radical (unpaired) electrons. The van der Waals surface area contributed by atoms with Crippen molar-refractivity contribution in [1.82, 2.24) is 19.3 Å². The Morgan fingerprint density at radius 3 is 1.80 bits per heavy atom. The summed E-state index contributed by atoms with van der Waals surface area (Å²) in [7, 11) is 0. The van der Waals surface area contributed by atoms with Crippen molar-refractivity contribution in [2.75, 3.05) is 0 Å². The van der Waals surface area contributed by atoms with E-state index in [4.69, 9.17) is 5.10 Å². The smallest absolute Gasteiger partial charge is 0.311 e. The van der Waals surface area contributed by atoms with E-state index in [-0.39, 0.29) is 11.3 Å². The lowest BCUT2D eigenvalue weighted by atomic mass is 9.77. The van der Waals surface area contributed by atoms with Crippen LogP contribution in [-0.2, 0) is 10.3 Å². The van der Waals surface area contributed by atoms with E-state index in [9.17, 15) is 9.90 Å². The lowest BCUT2D eigenvalue weighted by Crippen LogP contribution is -2.38. The van der Waals surface area contributed by atoms with Crippen molar-refractivity contribution in [2.45, 2.75) is 32.4 Å². The van der Waals surface area contributed by atoms with Crippen LogP contribution in [0.2, 0.25) is 0 Å². The van der Waals surface area contributed by atoms with Crippen LogP contribution in [0.15, 0.2) is 140 Å². The van der Waals surface area contributed by atoms with Gasteiger partial charge >= 0.3 is 5.97 Å². The minimum absolute atomic E-state index is 0.141. The maximum absolute atomic E-state index is 15.7. The van der Waals surface area contributed by atoms with Crippen molar-refractivity contribution in [2.24, 2.45) is 5.41 Å². The number of carboxylic acid groups (broad SMARTS) is 1. The minimum atomic E-state index is -1.06. The molecule has 49 heavy (non-hydrogen) atoms. The zero-order valence-corrected chi connectivity index (χ0v) is 27.3. The first-order valence-electron chi connectivity index (χ1n) is 16.1. The first kappa shape index (κ1) is 31.7. The summed E-state index contributed by atoms with van der Waals surface area (Å²) in [5.41, 5.74) is 3.05. The van der Waals surface area contributed by atoms with Crippen LogP contribution in [0.1, 0.15) is 43.5 Å². The summed E-state index contributed by atoms with van der Waals surface area (Å²) in [5.74, 6) is -2.38. The molecule has 0 fully saturated rings. The van der Waals surface area contributed by atoms with Crippen LogP contribution in [-0.4, -0.2) is 30.4 Å². The van der Waals surface area contributed by atoms with Crippen molar-refractivity contribution in [3.05, 3.63) is 168 Å². The summed E-state index contributed by atoms with van der Waals surface area (Å²) in [6.45, 7) is 5.22. The molecule has 5 aromatic carbocycles. The van der Waals surface area contributed by atoms with E-state index in [2.05, 4.69) is 4.98 Å². The molecule has 0 aliphatic rings. The van der Waals surface area contributed by atoms with E-state index >= 15 is 8.78 Å². The monoisotopic (exact) mass is 652 g/mol. The van der Waals surface area contributed by atoms with Gasteiger partial charge in [0.05, 0.1) is 28.3 Å². The van der Waals surface area contributed by atoms with Gasteiger partial charge in [-0.25, -0.2) is 13.8 Å². The number of hydrogen-bond donors (Lipinski definition) is 1. The molecule has 7 aromatic rings. The number of halogens is 2. The quantitative estimate of drug-likeness (QED) is 0.158. The SMILES string of the molecule is CC(n1cnc2cc(-c3cn(C(c4ccccc4)(c4ccccc4)c4ccccc4)nc3-c3c(F)cccc3F)ccc21)C(C)(C)C(=O)O. The number of carboxylic acids is 1. The zero-order valence-electron chi connectivity index (χ0n) is 27.3. The minimum Gasteiger partial charge on any atom is -0.481 e. The van der Waals surface area contributed by atoms with Crippen LogP contribution in [0.25, 0.3) is 33.4 Å². The van der Waals surface area contributed by atoms with Crippen molar-refractivity contribution in [1.29, 1.82) is 0 Å². The number of aliphatic carboxylic acids is 1. The van der Waals surface area contributed by atoms with Gasteiger partial charge in [0, 0.05) is 17.8 Å². The van der Waals surface area contributed by atoms with Gasteiger partial charge in [-0.2, -0.15) is 5.10 Å². The summed E-state index contributed by atoms with van der Waals surface area (Å²) in [6, 6.07) is 38.8. The van der Waals surface area contributed by atoms with E-state index in [0.717, 1.165) is 22.2 Å². The molecule has 244 valence electrons. The molecule has 7 rings (SSSR count). The number of benzene rings is 5. The predicted octanol–water partition coefficient (Wildman–Crippen LogP) is 9.36. The molecule has 1 atom stereocenters. The fraction of sp³-hybridized carbons (Fsp3) is 0.146. The number of imidazole rings is 1. The highest BCUT2D eigenvalue weighted by atomic mass is 19.1. The van der Waals surface area contributed by atoms with Crippen LogP contribution in [0.5, 0.6) is 0 Å². The van der Waals surface area contributed by atoms with E-state index < -0.39 is 34.6 Å². The molecule has 1 unspecified atom stereocenters. The van der Waals surface area contributed by atoms with Gasteiger partial charge in [0.2, 0.25) is 0 Å². The molecule has 1 N–H and O–H groups in total. The largest absolute Gasteiger partial charge is 0.481 e. The normalized spacial score (nSPS) is 12.7. The fourth-order valence-corrected chi connectivity index (χ4v) is 6.63. The Bertz CT molecular complexity index is 2160. The molecule has 8 heteroatoms. The summed E-state index contributed by atoms with van der Waals surface area (Å²) in [4.78, 5) is 16.7. The summed E-state index contributed by atoms with van der Waals surface area (Å²) in [5, 5.41) is 15.0. The Balaban J connectivity index is 1.52. The molecule has 0 spiro atoms. The lowest BCUT2D eigenvalue weighted by Gasteiger charge is -2.36. The third-order valence-electron chi connectivity index (χ3n) is 9.73. The summed E-state index contributed by atoms with van der Waals surface area (Å²) in [6.07, 6.45) is 3.48. The Morgan fingerprint density at radius 2 is 1.29 bits per heavy atom. The first-order chi connectivity index (χ1) is 23.6. The van der Waals surface area contributed by atoms with E-state index in [1.165, 1.54) is 18.2 Å². The molecule has 0 saturated heterocycles. The predicted molar refractivity (Wildman–Crippen MR) is 187 cm³/mol. The third-order valence-corrected chi connectivity index (χ3v) is 9.73. The highest BCUT2D eigenvalue weighted by Gasteiger charge is 2.41. The number of nitrogens with zero attached hydrogens (tertiary/aromatic N) is 4.